The topological polar surface area (TPSA) is 78.4 Å². The van der Waals surface area contributed by atoms with Crippen molar-refractivity contribution in [2.45, 2.75) is 32.9 Å². The van der Waals surface area contributed by atoms with Gasteiger partial charge in [-0.1, -0.05) is 6.92 Å². The number of hydrogen-bond donors (Lipinski definition) is 3. The fourth-order valence-corrected chi connectivity index (χ4v) is 2.15. The van der Waals surface area contributed by atoms with Gasteiger partial charge in [0.15, 0.2) is 0 Å². The van der Waals surface area contributed by atoms with Crippen LogP contribution in [0.5, 0.6) is 0 Å². The van der Waals surface area contributed by atoms with Gasteiger partial charge in [-0.2, -0.15) is 11.3 Å². The van der Waals surface area contributed by atoms with Gasteiger partial charge in [0.25, 0.3) is 0 Å². The van der Waals surface area contributed by atoms with Crippen molar-refractivity contribution in [3.8, 4) is 0 Å². The standard InChI is InChI=1S/C11H16N2O3S/c1-3-9(10(14)15)13-11(16)12-4-8-6-17-5-7(8)2/h5-6,9H,3-4H2,1-2H3,(H,14,15)(H2,12,13,16)/t9-/m0/s1. The highest BCUT2D eigenvalue weighted by Gasteiger charge is 2.17. The van der Waals surface area contributed by atoms with Crippen molar-refractivity contribution < 1.29 is 14.7 Å². The first-order valence-corrected chi connectivity index (χ1v) is 6.27. The fraction of sp³-hybridized carbons (Fsp3) is 0.455. The van der Waals surface area contributed by atoms with E-state index in [-0.39, 0.29) is 0 Å². The lowest BCUT2D eigenvalue weighted by atomic mass is 10.2. The van der Waals surface area contributed by atoms with Gasteiger partial charge in [-0.15, -0.1) is 0 Å². The summed E-state index contributed by atoms with van der Waals surface area (Å²) in [7, 11) is 0. The molecule has 0 unspecified atom stereocenters. The highest BCUT2D eigenvalue weighted by atomic mass is 32.1. The van der Waals surface area contributed by atoms with Gasteiger partial charge in [-0.05, 0) is 35.2 Å². The Morgan fingerprint density at radius 1 is 1.47 bits per heavy atom. The van der Waals surface area contributed by atoms with E-state index < -0.39 is 18.0 Å². The van der Waals surface area contributed by atoms with Crippen LogP contribution < -0.4 is 10.6 Å². The SMILES string of the molecule is CC[C@H](NC(=O)NCc1cscc1C)C(=O)O. The second kappa shape index (κ2) is 6.24. The van der Waals surface area contributed by atoms with E-state index in [1.54, 1.807) is 18.3 Å². The minimum absolute atomic E-state index is 0.361. The number of carbonyl (C=O) groups excluding carboxylic acids is 1. The molecule has 0 saturated heterocycles. The predicted molar refractivity (Wildman–Crippen MR) is 66.1 cm³/mol. The normalized spacial score (nSPS) is 11.9. The molecule has 0 fully saturated rings. The molecule has 5 nitrogen and oxygen atoms in total. The third kappa shape index (κ3) is 4.07. The van der Waals surface area contributed by atoms with Crippen LogP contribution in [0.3, 0.4) is 0 Å². The number of thiophene rings is 1. The number of nitrogens with one attached hydrogen (secondary N) is 2. The molecule has 0 radical (unpaired) electrons. The van der Waals surface area contributed by atoms with Crippen LogP contribution in [-0.4, -0.2) is 23.1 Å². The first-order valence-electron chi connectivity index (χ1n) is 5.33. The summed E-state index contributed by atoms with van der Waals surface area (Å²) in [5.74, 6) is -1.02. The average molecular weight is 256 g/mol. The summed E-state index contributed by atoms with van der Waals surface area (Å²) in [4.78, 5) is 22.2. The maximum Gasteiger partial charge on any atom is 0.326 e. The summed E-state index contributed by atoms with van der Waals surface area (Å²) in [5.41, 5.74) is 2.18. The van der Waals surface area contributed by atoms with Gasteiger partial charge < -0.3 is 15.7 Å². The van der Waals surface area contributed by atoms with E-state index in [1.807, 2.05) is 17.7 Å². The van der Waals surface area contributed by atoms with Crippen LogP contribution in [0.15, 0.2) is 10.8 Å². The van der Waals surface area contributed by atoms with Gasteiger partial charge in [0.2, 0.25) is 0 Å². The van der Waals surface area contributed by atoms with E-state index in [1.165, 1.54) is 0 Å². The minimum Gasteiger partial charge on any atom is -0.480 e. The molecule has 0 bridgehead atoms. The van der Waals surface area contributed by atoms with E-state index in [4.69, 9.17) is 5.11 Å². The molecule has 6 heteroatoms. The molecule has 2 amide bonds. The lowest BCUT2D eigenvalue weighted by Crippen LogP contribution is -2.45. The summed E-state index contributed by atoms with van der Waals surface area (Å²) < 4.78 is 0. The summed E-state index contributed by atoms with van der Waals surface area (Å²) >= 11 is 1.58. The number of aliphatic carboxylic acids is 1. The monoisotopic (exact) mass is 256 g/mol. The van der Waals surface area contributed by atoms with Gasteiger partial charge in [0.05, 0.1) is 0 Å². The largest absolute Gasteiger partial charge is 0.480 e. The van der Waals surface area contributed by atoms with Crippen molar-refractivity contribution >= 4 is 23.3 Å². The molecule has 0 saturated carbocycles. The van der Waals surface area contributed by atoms with E-state index in [0.717, 1.165) is 11.1 Å². The third-order valence-electron chi connectivity index (χ3n) is 2.41. The zero-order valence-corrected chi connectivity index (χ0v) is 10.6. The molecule has 94 valence electrons. The Morgan fingerprint density at radius 3 is 2.65 bits per heavy atom. The zero-order valence-electron chi connectivity index (χ0n) is 9.82. The fourth-order valence-electron chi connectivity index (χ4n) is 1.29. The van der Waals surface area contributed by atoms with E-state index in [9.17, 15) is 9.59 Å². The van der Waals surface area contributed by atoms with Crippen LogP contribution in [0.4, 0.5) is 4.79 Å². The Morgan fingerprint density at radius 2 is 2.18 bits per heavy atom. The maximum atomic E-state index is 11.4. The second-order valence-electron chi connectivity index (χ2n) is 3.71. The van der Waals surface area contributed by atoms with Crippen molar-refractivity contribution in [3.63, 3.8) is 0 Å². The molecule has 1 atom stereocenters. The molecule has 17 heavy (non-hydrogen) atoms. The number of rotatable bonds is 5. The lowest BCUT2D eigenvalue weighted by molar-refractivity contribution is -0.139. The van der Waals surface area contributed by atoms with Crippen LogP contribution >= 0.6 is 11.3 Å². The number of hydrogen-bond acceptors (Lipinski definition) is 3. The average Bonchev–Trinajstić information content (AvgIpc) is 2.68. The highest BCUT2D eigenvalue weighted by molar-refractivity contribution is 7.08. The third-order valence-corrected chi connectivity index (χ3v) is 3.32. The van der Waals surface area contributed by atoms with E-state index >= 15 is 0 Å². The predicted octanol–water partition coefficient (Wildman–Crippen LogP) is 1.72. The Balaban J connectivity index is 2.40. The van der Waals surface area contributed by atoms with Crippen molar-refractivity contribution in [1.82, 2.24) is 10.6 Å². The number of aryl methyl sites for hydroxylation is 1. The van der Waals surface area contributed by atoms with E-state index in [0.29, 0.717) is 13.0 Å². The van der Waals surface area contributed by atoms with Gasteiger partial charge in [0, 0.05) is 6.54 Å². The Kier molecular flexibility index (Phi) is 4.96. The summed E-state index contributed by atoms with van der Waals surface area (Å²) in [5, 5.41) is 17.8. The first-order chi connectivity index (χ1) is 8.04. The molecule has 1 heterocycles. The number of carbonyl (C=O) groups is 2. The quantitative estimate of drug-likeness (QED) is 0.750. The van der Waals surface area contributed by atoms with Crippen molar-refractivity contribution in [3.05, 3.63) is 21.9 Å². The molecule has 0 spiro atoms. The van der Waals surface area contributed by atoms with Crippen LogP contribution in [0.2, 0.25) is 0 Å². The summed E-state index contributed by atoms with van der Waals surface area (Å²) in [6.45, 7) is 4.09. The molecular weight excluding hydrogens is 240 g/mol. The number of urea groups is 1. The van der Waals surface area contributed by atoms with Crippen molar-refractivity contribution in [2.75, 3.05) is 0 Å². The van der Waals surface area contributed by atoms with Crippen LogP contribution in [0, 0.1) is 6.92 Å². The maximum absolute atomic E-state index is 11.4. The van der Waals surface area contributed by atoms with Crippen LogP contribution in [0.1, 0.15) is 24.5 Å². The molecule has 0 aliphatic rings. The Hall–Kier alpha value is -1.56. The zero-order chi connectivity index (χ0) is 12.8. The minimum atomic E-state index is -1.02. The van der Waals surface area contributed by atoms with Gasteiger partial charge in [-0.25, -0.2) is 9.59 Å². The Bertz CT molecular complexity index is 403. The Labute approximate surface area is 104 Å². The molecule has 0 aliphatic carbocycles. The molecular formula is C11H16N2O3S. The molecule has 3 N–H and O–H groups in total. The second-order valence-corrected chi connectivity index (χ2v) is 4.45. The first kappa shape index (κ1) is 13.5. The number of carboxylic acids is 1. The molecule has 0 aromatic carbocycles. The number of amides is 2. The number of carboxylic acid groups (broad SMARTS) is 1. The lowest BCUT2D eigenvalue weighted by Gasteiger charge is -2.13. The molecule has 1 aromatic rings. The highest BCUT2D eigenvalue weighted by Crippen LogP contribution is 2.12. The molecule has 1 rings (SSSR count). The van der Waals surface area contributed by atoms with Gasteiger partial charge in [-0.3, -0.25) is 0 Å². The molecule has 1 aromatic heterocycles. The summed E-state index contributed by atoms with van der Waals surface area (Å²) in [6.07, 6.45) is 0.361. The molecule has 0 aliphatic heterocycles. The van der Waals surface area contributed by atoms with Crippen LogP contribution in [0.25, 0.3) is 0 Å². The van der Waals surface area contributed by atoms with E-state index in [2.05, 4.69) is 10.6 Å². The van der Waals surface area contributed by atoms with Crippen LogP contribution in [-0.2, 0) is 11.3 Å². The van der Waals surface area contributed by atoms with Gasteiger partial charge >= 0.3 is 12.0 Å². The van der Waals surface area contributed by atoms with Crippen molar-refractivity contribution in [2.24, 2.45) is 0 Å². The van der Waals surface area contributed by atoms with Gasteiger partial charge in [0.1, 0.15) is 6.04 Å². The summed E-state index contributed by atoms with van der Waals surface area (Å²) in [6, 6.07) is -1.29. The van der Waals surface area contributed by atoms with Crippen molar-refractivity contribution in [1.29, 1.82) is 0 Å². The smallest absolute Gasteiger partial charge is 0.326 e.